The van der Waals surface area contributed by atoms with Gasteiger partial charge in [0.05, 0.1) is 10.9 Å². The molecule has 1 N–H and O–H groups in total. The number of para-hydroxylation sites is 1. The molecule has 0 unspecified atom stereocenters. The van der Waals surface area contributed by atoms with Gasteiger partial charge in [0.15, 0.2) is 6.61 Å². The quantitative estimate of drug-likeness (QED) is 0.594. The molecular formula is C22H23N3O5. The molecular weight excluding hydrogens is 386 g/mol. The lowest BCUT2D eigenvalue weighted by Crippen LogP contribution is -2.41. The number of rotatable bonds is 7. The number of ether oxygens (including phenoxy) is 1. The van der Waals surface area contributed by atoms with Gasteiger partial charge in [-0.15, -0.1) is 0 Å². The maximum absolute atomic E-state index is 12.6. The first-order valence-electron chi connectivity index (χ1n) is 9.61. The first kappa shape index (κ1) is 21.0. The van der Waals surface area contributed by atoms with Crippen molar-refractivity contribution in [2.24, 2.45) is 0 Å². The summed E-state index contributed by atoms with van der Waals surface area (Å²) in [5.41, 5.74) is 1.40. The zero-order valence-electron chi connectivity index (χ0n) is 16.9. The van der Waals surface area contributed by atoms with Gasteiger partial charge in [0.25, 0.3) is 11.5 Å². The molecule has 0 spiro atoms. The minimum Gasteiger partial charge on any atom is -0.454 e. The van der Waals surface area contributed by atoms with Gasteiger partial charge in [-0.05, 0) is 31.5 Å². The molecule has 3 aromatic rings. The average Bonchev–Trinajstić information content (AvgIpc) is 2.75. The number of nitrogens with zero attached hydrogens (tertiary/aromatic N) is 2. The van der Waals surface area contributed by atoms with E-state index in [9.17, 15) is 19.2 Å². The van der Waals surface area contributed by atoms with Gasteiger partial charge in [-0.2, -0.15) is 0 Å². The molecule has 0 fully saturated rings. The van der Waals surface area contributed by atoms with E-state index in [0.29, 0.717) is 17.4 Å². The fourth-order valence-electron chi connectivity index (χ4n) is 3.08. The molecule has 1 aromatic heterocycles. The molecule has 1 heterocycles. The van der Waals surface area contributed by atoms with Gasteiger partial charge in [0, 0.05) is 13.1 Å². The summed E-state index contributed by atoms with van der Waals surface area (Å²) in [6, 6.07) is 14.3. The maximum Gasteiger partial charge on any atom is 0.332 e. The summed E-state index contributed by atoms with van der Waals surface area (Å²) < 4.78 is 7.27. The smallest absolute Gasteiger partial charge is 0.332 e. The molecule has 3 rings (SSSR count). The molecule has 0 aliphatic carbocycles. The lowest BCUT2D eigenvalue weighted by Gasteiger charge is -2.13. The maximum atomic E-state index is 12.6. The minimum atomic E-state index is -0.742. The van der Waals surface area contributed by atoms with Crippen LogP contribution in [0.1, 0.15) is 18.1 Å². The van der Waals surface area contributed by atoms with E-state index in [1.54, 1.807) is 31.2 Å². The number of esters is 1. The number of carbonyl (C=O) groups excluding carboxylic acids is 2. The topological polar surface area (TPSA) is 99.4 Å². The van der Waals surface area contributed by atoms with Crippen LogP contribution in [0.3, 0.4) is 0 Å². The Morgan fingerprint density at radius 1 is 1.00 bits per heavy atom. The number of fused-ring (bicyclic) bond motifs is 1. The fraction of sp³-hybridized carbons (Fsp3) is 0.273. The number of aromatic nitrogens is 2. The summed E-state index contributed by atoms with van der Waals surface area (Å²) in [6.07, 6.45) is 0. The van der Waals surface area contributed by atoms with Crippen LogP contribution in [0.25, 0.3) is 10.9 Å². The highest BCUT2D eigenvalue weighted by Gasteiger charge is 2.15. The fourth-order valence-corrected chi connectivity index (χ4v) is 3.08. The van der Waals surface area contributed by atoms with Gasteiger partial charge >= 0.3 is 11.7 Å². The van der Waals surface area contributed by atoms with Crippen LogP contribution in [0.2, 0.25) is 0 Å². The summed E-state index contributed by atoms with van der Waals surface area (Å²) in [5, 5.41) is 3.01. The van der Waals surface area contributed by atoms with Crippen molar-refractivity contribution in [3.63, 3.8) is 0 Å². The molecule has 1 amide bonds. The van der Waals surface area contributed by atoms with Crippen molar-refractivity contribution in [2.45, 2.75) is 33.5 Å². The van der Waals surface area contributed by atoms with E-state index in [4.69, 9.17) is 4.74 Å². The predicted molar refractivity (Wildman–Crippen MR) is 112 cm³/mol. The van der Waals surface area contributed by atoms with Crippen molar-refractivity contribution >= 4 is 22.8 Å². The van der Waals surface area contributed by atoms with Gasteiger partial charge in [0.2, 0.25) is 0 Å². The molecule has 0 saturated carbocycles. The van der Waals surface area contributed by atoms with Crippen molar-refractivity contribution in [3.05, 3.63) is 80.5 Å². The third kappa shape index (κ3) is 4.65. The van der Waals surface area contributed by atoms with E-state index in [-0.39, 0.29) is 6.54 Å². The number of aryl methyl sites for hydroxylation is 1. The van der Waals surface area contributed by atoms with Crippen LogP contribution < -0.4 is 16.6 Å². The van der Waals surface area contributed by atoms with E-state index < -0.39 is 36.3 Å². The van der Waals surface area contributed by atoms with Gasteiger partial charge in [-0.1, -0.05) is 42.0 Å². The van der Waals surface area contributed by atoms with E-state index in [2.05, 4.69) is 5.32 Å². The van der Waals surface area contributed by atoms with Crippen LogP contribution in [0, 0.1) is 6.92 Å². The highest BCUT2D eigenvalue weighted by molar-refractivity contribution is 5.82. The van der Waals surface area contributed by atoms with Gasteiger partial charge in [-0.25, -0.2) is 4.79 Å². The van der Waals surface area contributed by atoms with Crippen molar-refractivity contribution in [1.29, 1.82) is 0 Å². The van der Waals surface area contributed by atoms with Crippen LogP contribution in [0.5, 0.6) is 0 Å². The predicted octanol–water partition coefficient (Wildman–Crippen LogP) is 1.35. The van der Waals surface area contributed by atoms with Gasteiger partial charge in [0.1, 0.15) is 6.54 Å². The van der Waals surface area contributed by atoms with Crippen LogP contribution in [-0.2, 0) is 34.0 Å². The van der Waals surface area contributed by atoms with Gasteiger partial charge in [-0.3, -0.25) is 23.5 Å². The third-order valence-electron chi connectivity index (χ3n) is 4.71. The summed E-state index contributed by atoms with van der Waals surface area (Å²) in [4.78, 5) is 49.3. The standard InChI is InChI=1S/C22H23N3O5/c1-3-24-21(28)17-6-4-5-7-18(17)25(22(24)29)13-20(27)30-14-19(26)23-12-16-10-8-15(2)9-11-16/h4-11H,3,12-14H2,1-2H3,(H,23,26). The van der Waals surface area contributed by atoms with Crippen molar-refractivity contribution in [2.75, 3.05) is 6.61 Å². The van der Waals surface area contributed by atoms with E-state index >= 15 is 0 Å². The molecule has 8 heteroatoms. The number of carbonyl (C=O) groups is 2. The second kappa shape index (κ2) is 9.21. The molecule has 8 nitrogen and oxygen atoms in total. The van der Waals surface area contributed by atoms with Crippen LogP contribution >= 0.6 is 0 Å². The average molecular weight is 409 g/mol. The molecule has 156 valence electrons. The highest BCUT2D eigenvalue weighted by atomic mass is 16.5. The first-order chi connectivity index (χ1) is 14.4. The molecule has 0 bridgehead atoms. The number of hydrogen-bond donors (Lipinski definition) is 1. The van der Waals surface area contributed by atoms with E-state index in [1.807, 2.05) is 31.2 Å². The summed E-state index contributed by atoms with van der Waals surface area (Å²) in [7, 11) is 0. The summed E-state index contributed by atoms with van der Waals surface area (Å²) in [5.74, 6) is -1.19. The zero-order valence-corrected chi connectivity index (χ0v) is 16.9. The largest absolute Gasteiger partial charge is 0.454 e. The first-order valence-corrected chi connectivity index (χ1v) is 9.61. The van der Waals surface area contributed by atoms with Crippen molar-refractivity contribution in [3.8, 4) is 0 Å². The molecule has 30 heavy (non-hydrogen) atoms. The summed E-state index contributed by atoms with van der Waals surface area (Å²) >= 11 is 0. The Hall–Kier alpha value is -3.68. The Labute approximate surface area is 172 Å². The molecule has 0 aliphatic rings. The monoisotopic (exact) mass is 409 g/mol. The number of hydrogen-bond acceptors (Lipinski definition) is 5. The minimum absolute atomic E-state index is 0.180. The Kier molecular flexibility index (Phi) is 6.46. The highest BCUT2D eigenvalue weighted by Crippen LogP contribution is 2.07. The molecule has 0 radical (unpaired) electrons. The van der Waals surface area contributed by atoms with Gasteiger partial charge < -0.3 is 10.1 Å². The number of benzene rings is 2. The van der Waals surface area contributed by atoms with E-state index in [0.717, 1.165) is 15.7 Å². The Morgan fingerprint density at radius 3 is 2.40 bits per heavy atom. The van der Waals surface area contributed by atoms with E-state index in [1.165, 1.54) is 4.57 Å². The lowest BCUT2D eigenvalue weighted by molar-refractivity contribution is -0.149. The summed E-state index contributed by atoms with van der Waals surface area (Å²) in [6.45, 7) is 3.30. The number of nitrogens with one attached hydrogen (secondary N) is 1. The second-order valence-corrected chi connectivity index (χ2v) is 6.86. The Bertz CT molecular complexity index is 1190. The Balaban J connectivity index is 1.65. The zero-order chi connectivity index (χ0) is 21.7. The van der Waals surface area contributed by atoms with Crippen LogP contribution in [0.4, 0.5) is 0 Å². The Morgan fingerprint density at radius 2 is 1.70 bits per heavy atom. The number of amides is 1. The molecule has 0 aliphatic heterocycles. The lowest BCUT2D eigenvalue weighted by atomic mass is 10.1. The molecule has 0 saturated heterocycles. The van der Waals surface area contributed by atoms with Crippen LogP contribution in [-0.4, -0.2) is 27.6 Å². The second-order valence-electron chi connectivity index (χ2n) is 6.86. The third-order valence-corrected chi connectivity index (χ3v) is 4.71. The van der Waals surface area contributed by atoms with Crippen LogP contribution in [0.15, 0.2) is 58.1 Å². The van der Waals surface area contributed by atoms with Crippen molar-refractivity contribution < 1.29 is 14.3 Å². The molecule has 0 atom stereocenters. The van der Waals surface area contributed by atoms with Crippen molar-refractivity contribution in [1.82, 2.24) is 14.5 Å². The normalized spacial score (nSPS) is 10.7. The molecule has 2 aromatic carbocycles. The SMILES string of the molecule is CCn1c(=O)c2ccccc2n(CC(=O)OCC(=O)NCc2ccc(C)cc2)c1=O.